The number of nitrogens with one attached hydrogen (secondary N) is 2. The molecule has 1 aromatic heterocycles. The van der Waals surface area contributed by atoms with Crippen LogP contribution in [0.25, 0.3) is 0 Å². The van der Waals surface area contributed by atoms with Gasteiger partial charge in [-0.05, 0) is 18.4 Å². The summed E-state index contributed by atoms with van der Waals surface area (Å²) in [7, 11) is 1.70. The van der Waals surface area contributed by atoms with Crippen LogP contribution < -0.4 is 10.6 Å². The van der Waals surface area contributed by atoms with Crippen molar-refractivity contribution in [1.29, 1.82) is 0 Å². The minimum atomic E-state index is 0. The average Bonchev–Trinajstić information content (AvgIpc) is 2.91. The van der Waals surface area contributed by atoms with Crippen molar-refractivity contribution in [2.45, 2.75) is 26.2 Å². The van der Waals surface area contributed by atoms with Gasteiger partial charge in [0.1, 0.15) is 0 Å². The summed E-state index contributed by atoms with van der Waals surface area (Å²) in [5, 5.41) is 8.62. The second-order valence-corrected chi connectivity index (χ2v) is 5.92. The molecule has 0 saturated carbocycles. The van der Waals surface area contributed by atoms with E-state index in [1.165, 1.54) is 4.88 Å². The van der Waals surface area contributed by atoms with Crippen molar-refractivity contribution in [1.82, 2.24) is 10.6 Å². The van der Waals surface area contributed by atoms with Crippen LogP contribution in [0.2, 0.25) is 0 Å². The Morgan fingerprint density at radius 2 is 2.15 bits per heavy atom. The molecule has 0 amide bonds. The van der Waals surface area contributed by atoms with Gasteiger partial charge in [-0.15, -0.1) is 35.3 Å². The van der Waals surface area contributed by atoms with E-state index in [4.69, 9.17) is 4.74 Å². The Kier molecular flexibility index (Phi) is 10.2. The van der Waals surface area contributed by atoms with Crippen LogP contribution in [0.5, 0.6) is 0 Å². The third-order valence-electron chi connectivity index (χ3n) is 2.76. The molecule has 0 saturated heterocycles. The molecule has 0 aliphatic carbocycles. The van der Waals surface area contributed by atoms with Crippen LogP contribution in [-0.4, -0.2) is 39.3 Å². The molecular formula is C14H26IN3OS. The number of guanidine groups is 1. The lowest BCUT2D eigenvalue weighted by Crippen LogP contribution is -2.39. The van der Waals surface area contributed by atoms with E-state index in [1.54, 1.807) is 18.4 Å². The van der Waals surface area contributed by atoms with Crippen LogP contribution in [0.15, 0.2) is 22.5 Å². The number of aliphatic imine (C=N–C) groups is 1. The first-order valence-electron chi connectivity index (χ1n) is 6.65. The third kappa shape index (κ3) is 6.90. The Hall–Kier alpha value is -0.340. The van der Waals surface area contributed by atoms with Crippen molar-refractivity contribution < 1.29 is 4.74 Å². The molecule has 4 nitrogen and oxygen atoms in total. The molecule has 0 aromatic carbocycles. The molecule has 0 aliphatic rings. The van der Waals surface area contributed by atoms with Gasteiger partial charge in [-0.1, -0.05) is 19.9 Å². The highest BCUT2D eigenvalue weighted by Crippen LogP contribution is 2.27. The van der Waals surface area contributed by atoms with E-state index < -0.39 is 0 Å². The first kappa shape index (κ1) is 19.7. The van der Waals surface area contributed by atoms with Gasteiger partial charge in [-0.3, -0.25) is 4.99 Å². The van der Waals surface area contributed by atoms with Gasteiger partial charge in [0.25, 0.3) is 0 Å². The molecule has 0 radical (unpaired) electrons. The fourth-order valence-electron chi connectivity index (χ4n) is 1.63. The lowest BCUT2D eigenvalue weighted by atomic mass is 9.92. The quantitative estimate of drug-likeness (QED) is 0.314. The molecule has 0 spiro atoms. The molecule has 0 bridgehead atoms. The summed E-state index contributed by atoms with van der Waals surface area (Å²) in [6, 6.07) is 4.26. The van der Waals surface area contributed by atoms with Crippen molar-refractivity contribution in [2.75, 3.05) is 33.4 Å². The highest BCUT2D eigenvalue weighted by Gasteiger charge is 2.21. The molecule has 1 heterocycles. The smallest absolute Gasteiger partial charge is 0.191 e. The van der Waals surface area contributed by atoms with Crippen LogP contribution in [-0.2, 0) is 10.2 Å². The lowest BCUT2D eigenvalue weighted by Gasteiger charge is -2.21. The molecule has 0 atom stereocenters. The summed E-state index contributed by atoms with van der Waals surface area (Å²) in [6.45, 7) is 9.58. The normalized spacial score (nSPS) is 11.9. The highest BCUT2D eigenvalue weighted by atomic mass is 127. The number of thiophene rings is 1. The van der Waals surface area contributed by atoms with Gasteiger partial charge in [0.05, 0.1) is 13.2 Å². The van der Waals surface area contributed by atoms with Crippen molar-refractivity contribution in [3.63, 3.8) is 0 Å². The summed E-state index contributed by atoms with van der Waals surface area (Å²) in [4.78, 5) is 6.02. The molecule has 0 unspecified atom stereocenters. The highest BCUT2D eigenvalue weighted by molar-refractivity contribution is 14.0. The Morgan fingerprint density at radius 3 is 2.70 bits per heavy atom. The maximum atomic E-state index is 5.03. The molecule has 20 heavy (non-hydrogen) atoms. The zero-order valence-electron chi connectivity index (χ0n) is 12.7. The first-order chi connectivity index (χ1) is 9.10. The Balaban J connectivity index is 0.00000361. The molecule has 6 heteroatoms. The van der Waals surface area contributed by atoms with Gasteiger partial charge >= 0.3 is 0 Å². The monoisotopic (exact) mass is 411 g/mol. The SMILES string of the molecule is CCNC(=NCC(C)(C)c1cccs1)NCCOC.I. The Morgan fingerprint density at radius 1 is 1.40 bits per heavy atom. The van der Waals surface area contributed by atoms with Crippen molar-refractivity contribution in [2.24, 2.45) is 4.99 Å². The molecular weight excluding hydrogens is 385 g/mol. The van der Waals surface area contributed by atoms with E-state index in [9.17, 15) is 0 Å². The second kappa shape index (κ2) is 10.4. The van der Waals surface area contributed by atoms with E-state index >= 15 is 0 Å². The van der Waals surface area contributed by atoms with E-state index in [2.05, 4.69) is 53.9 Å². The van der Waals surface area contributed by atoms with Gasteiger partial charge in [0.2, 0.25) is 0 Å². The van der Waals surface area contributed by atoms with Crippen molar-refractivity contribution in [3.05, 3.63) is 22.4 Å². The summed E-state index contributed by atoms with van der Waals surface area (Å²) in [6.07, 6.45) is 0. The zero-order valence-corrected chi connectivity index (χ0v) is 15.9. The predicted molar refractivity (Wildman–Crippen MR) is 98.6 cm³/mol. The standard InChI is InChI=1S/C14H25N3OS.HI/c1-5-15-13(16-8-9-18-4)17-11-14(2,3)12-7-6-10-19-12;/h6-7,10H,5,8-9,11H2,1-4H3,(H2,15,16,17);1H. The number of hydrogen-bond donors (Lipinski definition) is 2. The summed E-state index contributed by atoms with van der Waals surface area (Å²) >= 11 is 1.79. The van der Waals surface area contributed by atoms with Crippen LogP contribution in [0, 0.1) is 0 Å². The molecule has 2 N–H and O–H groups in total. The molecule has 0 aliphatic heterocycles. The Bertz CT molecular complexity index is 380. The number of hydrogen-bond acceptors (Lipinski definition) is 3. The average molecular weight is 411 g/mol. The van der Waals surface area contributed by atoms with Crippen LogP contribution in [0.1, 0.15) is 25.6 Å². The molecule has 1 rings (SSSR count). The first-order valence-corrected chi connectivity index (χ1v) is 7.53. The van der Waals surface area contributed by atoms with E-state index in [0.717, 1.165) is 25.6 Å². The van der Waals surface area contributed by atoms with Gasteiger partial charge in [-0.25, -0.2) is 0 Å². The van der Waals surface area contributed by atoms with E-state index in [1.807, 2.05) is 0 Å². The van der Waals surface area contributed by atoms with Crippen LogP contribution in [0.3, 0.4) is 0 Å². The maximum Gasteiger partial charge on any atom is 0.191 e. The molecule has 0 fully saturated rings. The number of ether oxygens (including phenoxy) is 1. The van der Waals surface area contributed by atoms with Crippen LogP contribution in [0.4, 0.5) is 0 Å². The second-order valence-electron chi connectivity index (χ2n) is 4.98. The van der Waals surface area contributed by atoms with Crippen molar-refractivity contribution >= 4 is 41.3 Å². The summed E-state index contributed by atoms with van der Waals surface area (Å²) in [5.41, 5.74) is 0.0672. The predicted octanol–water partition coefficient (Wildman–Crippen LogP) is 2.85. The van der Waals surface area contributed by atoms with Gasteiger partial charge < -0.3 is 15.4 Å². The third-order valence-corrected chi connectivity index (χ3v) is 4.00. The number of halogens is 1. The molecule has 1 aromatic rings. The van der Waals surface area contributed by atoms with Gasteiger partial charge in [0, 0.05) is 30.5 Å². The number of methoxy groups -OCH3 is 1. The summed E-state index contributed by atoms with van der Waals surface area (Å²) in [5.74, 6) is 0.851. The molecule has 116 valence electrons. The van der Waals surface area contributed by atoms with Gasteiger partial charge in [-0.2, -0.15) is 0 Å². The summed E-state index contributed by atoms with van der Waals surface area (Å²) < 4.78 is 5.03. The Labute approximate surface area is 143 Å². The number of nitrogens with zero attached hydrogens (tertiary/aromatic N) is 1. The fraction of sp³-hybridized carbons (Fsp3) is 0.643. The fourth-order valence-corrected chi connectivity index (χ4v) is 2.48. The van der Waals surface area contributed by atoms with Crippen molar-refractivity contribution in [3.8, 4) is 0 Å². The van der Waals surface area contributed by atoms with E-state index in [0.29, 0.717) is 6.61 Å². The topological polar surface area (TPSA) is 45.7 Å². The van der Waals surface area contributed by atoms with Gasteiger partial charge in [0.15, 0.2) is 5.96 Å². The maximum absolute atomic E-state index is 5.03. The largest absolute Gasteiger partial charge is 0.383 e. The lowest BCUT2D eigenvalue weighted by molar-refractivity contribution is 0.203. The van der Waals surface area contributed by atoms with Crippen LogP contribution >= 0.6 is 35.3 Å². The minimum Gasteiger partial charge on any atom is -0.383 e. The zero-order chi connectivity index (χ0) is 14.1. The van der Waals surface area contributed by atoms with E-state index in [-0.39, 0.29) is 29.4 Å². The minimum absolute atomic E-state index is 0. The number of rotatable bonds is 7.